The number of fused-ring (bicyclic) bond motifs is 1. The molecule has 1 aliphatic rings. The summed E-state index contributed by atoms with van der Waals surface area (Å²) in [7, 11) is 0. The Kier molecular flexibility index (Phi) is 3.14. The third-order valence-corrected chi connectivity index (χ3v) is 3.06. The van der Waals surface area contributed by atoms with Crippen LogP contribution >= 0.6 is 11.6 Å². The van der Waals surface area contributed by atoms with Crippen molar-refractivity contribution in [1.29, 1.82) is 0 Å². The Bertz CT molecular complexity index is 368. The van der Waals surface area contributed by atoms with Crippen LogP contribution in [0.2, 0.25) is 0 Å². The summed E-state index contributed by atoms with van der Waals surface area (Å²) in [5.74, 6) is 0.459. The largest absolute Gasteiger partial charge is 0.387 e. The molecule has 4 heteroatoms. The Morgan fingerprint density at radius 1 is 1.53 bits per heavy atom. The highest BCUT2D eigenvalue weighted by atomic mass is 35.5. The van der Waals surface area contributed by atoms with Crippen LogP contribution in [0.25, 0.3) is 0 Å². The fraction of sp³-hybridized carbons (Fsp3) is 0.455. The summed E-state index contributed by atoms with van der Waals surface area (Å²) in [5.41, 5.74) is 9.73. The molecule has 3 nitrogen and oxygen atoms in total. The molecule has 0 aromatic heterocycles. The Labute approximate surface area is 94.2 Å². The van der Waals surface area contributed by atoms with E-state index in [4.69, 9.17) is 17.3 Å². The molecule has 0 saturated carbocycles. The lowest BCUT2D eigenvalue weighted by Crippen LogP contribution is -2.12. The average molecular weight is 227 g/mol. The first-order valence-electron chi connectivity index (χ1n) is 5.10. The molecule has 1 aromatic rings. The van der Waals surface area contributed by atoms with Crippen molar-refractivity contribution in [2.24, 2.45) is 5.73 Å². The van der Waals surface area contributed by atoms with E-state index in [1.807, 2.05) is 12.1 Å². The maximum absolute atomic E-state index is 9.69. The van der Waals surface area contributed by atoms with Crippen molar-refractivity contribution in [3.8, 4) is 0 Å². The van der Waals surface area contributed by atoms with Crippen LogP contribution in [0.15, 0.2) is 12.1 Å². The SMILES string of the molecule is NCC(O)c1cc(CCl)c2c(c1)CCN2. The summed E-state index contributed by atoms with van der Waals surface area (Å²) < 4.78 is 0. The molecule has 4 N–H and O–H groups in total. The van der Waals surface area contributed by atoms with E-state index < -0.39 is 6.10 Å². The minimum atomic E-state index is -0.585. The van der Waals surface area contributed by atoms with Gasteiger partial charge in [0.1, 0.15) is 0 Å². The zero-order chi connectivity index (χ0) is 10.8. The van der Waals surface area contributed by atoms with Gasteiger partial charge in [0.15, 0.2) is 0 Å². The summed E-state index contributed by atoms with van der Waals surface area (Å²) in [5, 5.41) is 13.0. The molecule has 1 atom stereocenters. The number of hydrogen-bond acceptors (Lipinski definition) is 3. The van der Waals surface area contributed by atoms with Crippen LogP contribution in [0.4, 0.5) is 5.69 Å². The van der Waals surface area contributed by atoms with Crippen molar-refractivity contribution >= 4 is 17.3 Å². The van der Waals surface area contributed by atoms with Crippen molar-refractivity contribution in [3.63, 3.8) is 0 Å². The third-order valence-electron chi connectivity index (χ3n) is 2.77. The molecule has 1 unspecified atom stereocenters. The zero-order valence-electron chi connectivity index (χ0n) is 8.46. The van der Waals surface area contributed by atoms with Crippen molar-refractivity contribution in [2.75, 3.05) is 18.4 Å². The van der Waals surface area contributed by atoms with Gasteiger partial charge in [-0.3, -0.25) is 0 Å². The molecule has 0 bridgehead atoms. The summed E-state index contributed by atoms with van der Waals surface area (Å²) in [6.45, 7) is 1.19. The van der Waals surface area contributed by atoms with Gasteiger partial charge in [-0.05, 0) is 29.2 Å². The molecular formula is C11H15ClN2O. The molecule has 0 saturated heterocycles. The Hall–Kier alpha value is -0.770. The highest BCUT2D eigenvalue weighted by Crippen LogP contribution is 2.31. The molecule has 0 amide bonds. The number of alkyl halides is 1. The second-order valence-corrected chi connectivity index (χ2v) is 4.04. The standard InChI is InChI=1S/C11H15ClN2O/c12-5-9-4-8(10(15)6-13)3-7-1-2-14-11(7)9/h3-4,10,14-15H,1-2,5-6,13H2. The van der Waals surface area contributed by atoms with Gasteiger partial charge in [-0.25, -0.2) is 0 Å². The van der Waals surface area contributed by atoms with Gasteiger partial charge in [0.2, 0.25) is 0 Å². The van der Waals surface area contributed by atoms with E-state index in [1.54, 1.807) is 0 Å². The van der Waals surface area contributed by atoms with Gasteiger partial charge in [0, 0.05) is 24.7 Å². The summed E-state index contributed by atoms with van der Waals surface area (Å²) in [6.07, 6.45) is 0.405. The maximum atomic E-state index is 9.69. The van der Waals surface area contributed by atoms with Crippen LogP contribution in [-0.4, -0.2) is 18.2 Å². The summed E-state index contributed by atoms with van der Waals surface area (Å²) >= 11 is 5.88. The maximum Gasteiger partial charge on any atom is 0.0912 e. The number of anilines is 1. The number of nitrogens with two attached hydrogens (primary N) is 1. The van der Waals surface area contributed by atoms with Crippen molar-refractivity contribution in [1.82, 2.24) is 0 Å². The second-order valence-electron chi connectivity index (χ2n) is 3.78. The van der Waals surface area contributed by atoms with Crippen LogP contribution in [-0.2, 0) is 12.3 Å². The molecule has 0 radical (unpaired) electrons. The predicted octanol–water partition coefficient (Wildman–Crippen LogP) is 1.39. The van der Waals surface area contributed by atoms with Gasteiger partial charge in [-0.2, -0.15) is 0 Å². The van der Waals surface area contributed by atoms with E-state index in [1.165, 1.54) is 5.56 Å². The van der Waals surface area contributed by atoms with Crippen LogP contribution < -0.4 is 11.1 Å². The molecule has 1 heterocycles. The van der Waals surface area contributed by atoms with Gasteiger partial charge >= 0.3 is 0 Å². The lowest BCUT2D eigenvalue weighted by molar-refractivity contribution is 0.186. The van der Waals surface area contributed by atoms with Crippen LogP contribution in [0.1, 0.15) is 22.8 Å². The second kappa shape index (κ2) is 4.39. The minimum absolute atomic E-state index is 0.244. The summed E-state index contributed by atoms with van der Waals surface area (Å²) in [4.78, 5) is 0. The van der Waals surface area contributed by atoms with Gasteiger partial charge in [0.25, 0.3) is 0 Å². The molecule has 1 aliphatic heterocycles. The van der Waals surface area contributed by atoms with Crippen LogP contribution in [0.3, 0.4) is 0 Å². The first-order valence-corrected chi connectivity index (χ1v) is 5.63. The van der Waals surface area contributed by atoms with E-state index in [2.05, 4.69) is 5.32 Å². The molecule has 0 spiro atoms. The Balaban J connectivity index is 2.43. The molecular weight excluding hydrogens is 212 g/mol. The predicted molar refractivity (Wildman–Crippen MR) is 62.2 cm³/mol. The number of halogens is 1. The number of benzene rings is 1. The lowest BCUT2D eigenvalue weighted by Gasteiger charge is -2.13. The first-order chi connectivity index (χ1) is 7.26. The number of hydrogen-bond donors (Lipinski definition) is 3. The monoisotopic (exact) mass is 226 g/mol. The number of nitrogens with one attached hydrogen (secondary N) is 1. The van der Waals surface area contributed by atoms with Crippen molar-refractivity contribution < 1.29 is 5.11 Å². The highest BCUT2D eigenvalue weighted by Gasteiger charge is 2.17. The zero-order valence-corrected chi connectivity index (χ0v) is 9.22. The minimum Gasteiger partial charge on any atom is -0.387 e. The van der Waals surface area contributed by atoms with Gasteiger partial charge < -0.3 is 16.2 Å². The Morgan fingerprint density at radius 3 is 3.00 bits per heavy atom. The van der Waals surface area contributed by atoms with E-state index in [0.717, 1.165) is 29.8 Å². The fourth-order valence-electron chi connectivity index (χ4n) is 1.97. The average Bonchev–Trinajstić information content (AvgIpc) is 2.74. The van der Waals surface area contributed by atoms with Gasteiger partial charge in [-0.15, -0.1) is 11.6 Å². The topological polar surface area (TPSA) is 58.3 Å². The number of aliphatic hydroxyl groups excluding tert-OH is 1. The highest BCUT2D eigenvalue weighted by molar-refractivity contribution is 6.17. The molecule has 82 valence electrons. The van der Waals surface area contributed by atoms with Gasteiger partial charge in [-0.1, -0.05) is 6.07 Å². The number of aliphatic hydroxyl groups is 1. The van der Waals surface area contributed by atoms with Gasteiger partial charge in [0.05, 0.1) is 6.10 Å². The van der Waals surface area contributed by atoms with E-state index in [-0.39, 0.29) is 6.54 Å². The molecule has 0 fully saturated rings. The van der Waals surface area contributed by atoms with E-state index in [9.17, 15) is 5.11 Å². The van der Waals surface area contributed by atoms with Crippen LogP contribution in [0.5, 0.6) is 0 Å². The molecule has 0 aliphatic carbocycles. The normalized spacial score (nSPS) is 15.9. The van der Waals surface area contributed by atoms with Crippen molar-refractivity contribution in [2.45, 2.75) is 18.4 Å². The summed E-state index contributed by atoms with van der Waals surface area (Å²) in [6, 6.07) is 3.95. The molecule has 1 aromatic carbocycles. The third kappa shape index (κ3) is 1.95. The number of rotatable bonds is 3. The smallest absolute Gasteiger partial charge is 0.0912 e. The molecule has 15 heavy (non-hydrogen) atoms. The Morgan fingerprint density at radius 2 is 2.33 bits per heavy atom. The fourth-order valence-corrected chi connectivity index (χ4v) is 2.19. The van der Waals surface area contributed by atoms with Crippen molar-refractivity contribution in [3.05, 3.63) is 28.8 Å². The van der Waals surface area contributed by atoms with E-state index in [0.29, 0.717) is 5.88 Å². The molecule has 2 rings (SSSR count). The lowest BCUT2D eigenvalue weighted by atomic mass is 10.0. The first kappa shape index (κ1) is 10.7. The van der Waals surface area contributed by atoms with E-state index >= 15 is 0 Å². The van der Waals surface area contributed by atoms with Crippen LogP contribution in [0, 0.1) is 0 Å². The quantitative estimate of drug-likeness (QED) is 0.683.